The number of anilines is 1. The van der Waals surface area contributed by atoms with Crippen LogP contribution >= 0.6 is 11.6 Å². The number of hydrogen-bond donors (Lipinski definition) is 0. The van der Waals surface area contributed by atoms with Gasteiger partial charge in [0, 0.05) is 42.0 Å². The quantitative estimate of drug-likeness (QED) is 0.701. The summed E-state index contributed by atoms with van der Waals surface area (Å²) in [4.78, 5) is 6.54. The van der Waals surface area contributed by atoms with Crippen LogP contribution in [-0.4, -0.2) is 38.0 Å². The zero-order chi connectivity index (χ0) is 19.2. The fraction of sp³-hybridized carbons (Fsp3) is 0.450. The molecule has 0 saturated carbocycles. The lowest BCUT2D eigenvalue weighted by Crippen LogP contribution is -2.57. The van der Waals surface area contributed by atoms with Crippen molar-refractivity contribution in [2.24, 2.45) is 5.92 Å². The second-order valence-corrected chi connectivity index (χ2v) is 10.1. The molecule has 1 aliphatic heterocycles. The van der Waals surface area contributed by atoms with Crippen LogP contribution < -0.4 is 4.90 Å². The molecule has 0 spiro atoms. The number of pyridine rings is 1. The molecule has 1 aromatic carbocycles. The number of rotatable bonds is 5. The fourth-order valence-electron chi connectivity index (χ4n) is 3.95. The number of benzene rings is 1. The van der Waals surface area contributed by atoms with E-state index < -0.39 is 9.84 Å². The Labute approximate surface area is 160 Å². The molecule has 140 valence electrons. The van der Waals surface area contributed by atoms with Gasteiger partial charge in [-0.3, -0.25) is 0 Å². The molecule has 0 amide bonds. The molecular weight excluding hydrogens is 368 g/mol. The van der Waals surface area contributed by atoms with Crippen LogP contribution in [0.3, 0.4) is 0 Å². The highest BCUT2D eigenvalue weighted by atomic mass is 35.5. The van der Waals surface area contributed by atoms with Crippen molar-refractivity contribution < 1.29 is 8.42 Å². The molecule has 0 aliphatic carbocycles. The van der Waals surface area contributed by atoms with Gasteiger partial charge in [0.05, 0.1) is 5.75 Å². The van der Waals surface area contributed by atoms with Crippen LogP contribution in [0.5, 0.6) is 0 Å². The van der Waals surface area contributed by atoms with E-state index in [1.807, 2.05) is 18.3 Å². The Morgan fingerprint density at radius 3 is 2.62 bits per heavy atom. The smallest absolute Gasteiger partial charge is 0.147 e. The summed E-state index contributed by atoms with van der Waals surface area (Å²) in [6.07, 6.45) is 5.00. The van der Waals surface area contributed by atoms with E-state index >= 15 is 0 Å². The molecule has 0 unspecified atom stereocenters. The normalized spacial score (nSPS) is 20.5. The molecule has 2 atom stereocenters. The summed E-state index contributed by atoms with van der Waals surface area (Å²) in [6.45, 7) is 11.1. The number of fused-ring (bicyclic) bond motifs is 1. The summed E-state index contributed by atoms with van der Waals surface area (Å²) in [5, 5.41) is 2.61. The Bertz CT molecular complexity index is 969. The van der Waals surface area contributed by atoms with E-state index in [9.17, 15) is 8.42 Å². The van der Waals surface area contributed by atoms with Gasteiger partial charge < -0.3 is 4.90 Å². The van der Waals surface area contributed by atoms with Gasteiger partial charge in [0.25, 0.3) is 0 Å². The number of aromatic nitrogens is 1. The average molecular weight is 393 g/mol. The first-order chi connectivity index (χ1) is 12.1. The Morgan fingerprint density at radius 2 is 2.08 bits per heavy atom. The minimum Gasteiger partial charge on any atom is -0.367 e. The molecule has 6 heteroatoms. The molecule has 1 aliphatic rings. The third-order valence-corrected chi connectivity index (χ3v) is 6.51. The van der Waals surface area contributed by atoms with Crippen LogP contribution in [0.25, 0.3) is 16.8 Å². The minimum absolute atomic E-state index is 0.150. The highest BCUT2D eigenvalue weighted by Gasteiger charge is 2.38. The monoisotopic (exact) mass is 392 g/mol. The van der Waals surface area contributed by atoms with E-state index in [-0.39, 0.29) is 17.7 Å². The van der Waals surface area contributed by atoms with E-state index in [2.05, 4.69) is 43.3 Å². The summed E-state index contributed by atoms with van der Waals surface area (Å²) in [5.41, 5.74) is 3.37. The van der Waals surface area contributed by atoms with E-state index in [0.29, 0.717) is 11.1 Å². The van der Waals surface area contributed by atoms with Crippen molar-refractivity contribution in [1.29, 1.82) is 0 Å². The van der Waals surface area contributed by atoms with Crippen molar-refractivity contribution in [3.8, 4) is 0 Å². The summed E-state index contributed by atoms with van der Waals surface area (Å²) >= 11 is 6.18. The standard InChI is InChI=1S/C20H25ClN2O2S/c1-6-14-7-18(23-10-15(13(23)4)11-26(5,24)25)17-9-22-19(21)8-16(17)20(14)12(2)3/h6-9,12-13,15H,1,10-11H2,2-5H3/t13-,15-/m1/s1. The van der Waals surface area contributed by atoms with Crippen LogP contribution in [0, 0.1) is 5.92 Å². The first-order valence-corrected chi connectivity index (χ1v) is 11.2. The third-order valence-electron chi connectivity index (χ3n) is 5.27. The van der Waals surface area contributed by atoms with Gasteiger partial charge in [-0.25, -0.2) is 13.4 Å². The van der Waals surface area contributed by atoms with Gasteiger partial charge in [-0.2, -0.15) is 0 Å². The van der Waals surface area contributed by atoms with Gasteiger partial charge in [-0.1, -0.05) is 38.1 Å². The zero-order valence-corrected chi connectivity index (χ0v) is 17.2. The number of nitrogens with zero attached hydrogens (tertiary/aromatic N) is 2. The second kappa shape index (κ2) is 6.86. The number of sulfone groups is 1. The molecule has 1 aromatic heterocycles. The van der Waals surface area contributed by atoms with Gasteiger partial charge in [0.1, 0.15) is 15.0 Å². The van der Waals surface area contributed by atoms with Crippen molar-refractivity contribution in [1.82, 2.24) is 4.98 Å². The summed E-state index contributed by atoms with van der Waals surface area (Å²) in [7, 11) is -2.97. The average Bonchev–Trinajstić information content (AvgIpc) is 2.55. The molecule has 26 heavy (non-hydrogen) atoms. The predicted molar refractivity (Wildman–Crippen MR) is 111 cm³/mol. The third kappa shape index (κ3) is 3.47. The maximum absolute atomic E-state index is 11.6. The van der Waals surface area contributed by atoms with Crippen molar-refractivity contribution in [3.05, 3.63) is 41.2 Å². The zero-order valence-electron chi connectivity index (χ0n) is 15.7. The highest BCUT2D eigenvalue weighted by molar-refractivity contribution is 7.90. The Morgan fingerprint density at radius 1 is 1.38 bits per heavy atom. The largest absolute Gasteiger partial charge is 0.367 e. The SMILES string of the molecule is C=Cc1cc(N2C[C@H](CS(C)(=O)=O)[C@H]2C)c2cnc(Cl)cc2c1C(C)C. The summed E-state index contributed by atoms with van der Waals surface area (Å²) in [5.74, 6) is 0.701. The maximum atomic E-state index is 11.6. The molecule has 2 heterocycles. The van der Waals surface area contributed by atoms with Gasteiger partial charge in [-0.15, -0.1) is 0 Å². The lowest BCUT2D eigenvalue weighted by molar-refractivity contribution is 0.342. The van der Waals surface area contributed by atoms with E-state index in [1.165, 1.54) is 11.8 Å². The first-order valence-electron chi connectivity index (χ1n) is 8.81. The van der Waals surface area contributed by atoms with Crippen LogP contribution in [0.4, 0.5) is 5.69 Å². The summed E-state index contributed by atoms with van der Waals surface area (Å²) in [6, 6.07) is 4.22. The van der Waals surface area contributed by atoms with E-state index in [1.54, 1.807) is 0 Å². The van der Waals surface area contributed by atoms with Crippen molar-refractivity contribution >= 4 is 44.0 Å². The molecule has 1 fully saturated rings. The lowest BCUT2D eigenvalue weighted by Gasteiger charge is -2.48. The molecule has 0 bridgehead atoms. The van der Waals surface area contributed by atoms with Crippen LogP contribution in [-0.2, 0) is 9.84 Å². The first kappa shape index (κ1) is 19.2. The predicted octanol–water partition coefficient (Wildman–Crippen LogP) is 4.52. The number of hydrogen-bond acceptors (Lipinski definition) is 4. The molecule has 2 aromatic rings. The van der Waals surface area contributed by atoms with Crippen molar-refractivity contribution in [3.63, 3.8) is 0 Å². The molecule has 1 saturated heterocycles. The number of halogens is 1. The van der Waals surface area contributed by atoms with Crippen LogP contribution in [0.2, 0.25) is 5.15 Å². The Balaban J connectivity index is 2.11. The molecule has 4 nitrogen and oxygen atoms in total. The molecule has 0 N–H and O–H groups in total. The topological polar surface area (TPSA) is 50.3 Å². The van der Waals surface area contributed by atoms with Crippen LogP contribution in [0.15, 0.2) is 24.9 Å². The van der Waals surface area contributed by atoms with Gasteiger partial charge in [-0.05, 0) is 41.5 Å². The molecule has 3 rings (SSSR count). The Kier molecular flexibility index (Phi) is 5.06. The van der Waals surface area contributed by atoms with Crippen molar-refractivity contribution in [2.45, 2.75) is 32.7 Å². The van der Waals surface area contributed by atoms with Gasteiger partial charge in [0.15, 0.2) is 0 Å². The van der Waals surface area contributed by atoms with E-state index in [0.717, 1.165) is 28.6 Å². The van der Waals surface area contributed by atoms with E-state index in [4.69, 9.17) is 11.6 Å². The summed E-state index contributed by atoms with van der Waals surface area (Å²) < 4.78 is 23.3. The Hall–Kier alpha value is -1.59. The molecular formula is C20H25ClN2O2S. The molecule has 0 radical (unpaired) electrons. The van der Waals surface area contributed by atoms with Crippen molar-refractivity contribution in [2.75, 3.05) is 23.5 Å². The second-order valence-electron chi connectivity index (χ2n) is 7.56. The minimum atomic E-state index is -2.97. The maximum Gasteiger partial charge on any atom is 0.147 e. The van der Waals surface area contributed by atoms with Gasteiger partial charge >= 0.3 is 0 Å². The highest BCUT2D eigenvalue weighted by Crippen LogP contribution is 2.41. The fourth-order valence-corrected chi connectivity index (χ4v) is 5.27. The van der Waals surface area contributed by atoms with Gasteiger partial charge in [0.2, 0.25) is 0 Å². The van der Waals surface area contributed by atoms with Crippen LogP contribution in [0.1, 0.15) is 37.8 Å². The lowest BCUT2D eigenvalue weighted by atomic mass is 9.86.